The molecule has 1 heterocycles. The highest BCUT2D eigenvalue weighted by atomic mass is 19.1. The minimum atomic E-state index is -1.15. The number of hydrogen-bond acceptors (Lipinski definition) is 4. The first kappa shape index (κ1) is 22.3. The van der Waals surface area contributed by atoms with Crippen molar-refractivity contribution in [2.75, 3.05) is 13.7 Å². The quantitative estimate of drug-likeness (QED) is 0.310. The van der Waals surface area contributed by atoms with Crippen molar-refractivity contribution in [3.8, 4) is 33.9 Å². The highest BCUT2D eigenvalue weighted by Crippen LogP contribution is 2.38. The minimum Gasteiger partial charge on any atom is -0.496 e. The summed E-state index contributed by atoms with van der Waals surface area (Å²) in [5.74, 6) is -0.328. The van der Waals surface area contributed by atoms with Crippen LogP contribution < -0.4 is 9.47 Å². The van der Waals surface area contributed by atoms with Gasteiger partial charge in [-0.1, -0.05) is 37.6 Å². The normalized spacial score (nSPS) is 10.9. The highest BCUT2D eigenvalue weighted by molar-refractivity contribution is 6.04. The zero-order valence-electron chi connectivity index (χ0n) is 18.5. The van der Waals surface area contributed by atoms with Gasteiger partial charge in [0.25, 0.3) is 0 Å². The van der Waals surface area contributed by atoms with Crippen LogP contribution in [0.4, 0.5) is 4.39 Å². The van der Waals surface area contributed by atoms with Gasteiger partial charge >= 0.3 is 5.97 Å². The summed E-state index contributed by atoms with van der Waals surface area (Å²) in [7, 11) is 1.56. The zero-order chi connectivity index (χ0) is 23.4. The molecule has 0 atom stereocenters. The SMILES string of the molecule is CCCCOc1ccccc1-c1ccc(-c2cc(C(=O)O)c3cc(F)ccc3n2)c(OC)c1. The highest BCUT2D eigenvalue weighted by Gasteiger charge is 2.17. The fraction of sp³-hybridized carbons (Fsp3) is 0.185. The lowest BCUT2D eigenvalue weighted by Crippen LogP contribution is -2.01. The maximum atomic E-state index is 13.7. The number of unbranched alkanes of at least 4 members (excludes halogenated alkanes) is 1. The van der Waals surface area contributed by atoms with Crippen molar-refractivity contribution in [3.63, 3.8) is 0 Å². The Morgan fingerprint density at radius 1 is 1.00 bits per heavy atom. The third-order valence-electron chi connectivity index (χ3n) is 5.43. The molecule has 4 rings (SSSR count). The van der Waals surface area contributed by atoms with Crippen molar-refractivity contribution in [3.05, 3.63) is 78.1 Å². The van der Waals surface area contributed by atoms with E-state index >= 15 is 0 Å². The van der Waals surface area contributed by atoms with Crippen LogP contribution in [-0.4, -0.2) is 29.8 Å². The number of ether oxygens (including phenoxy) is 2. The number of carboxylic acids is 1. The summed E-state index contributed by atoms with van der Waals surface area (Å²) in [6.45, 7) is 2.76. The lowest BCUT2D eigenvalue weighted by atomic mass is 9.99. The van der Waals surface area contributed by atoms with E-state index in [9.17, 15) is 14.3 Å². The van der Waals surface area contributed by atoms with E-state index in [4.69, 9.17) is 9.47 Å². The number of halogens is 1. The first-order valence-electron chi connectivity index (χ1n) is 10.8. The Hall–Kier alpha value is -3.93. The molecule has 0 bridgehead atoms. The second-order valence-corrected chi connectivity index (χ2v) is 7.63. The van der Waals surface area contributed by atoms with E-state index in [1.165, 1.54) is 24.3 Å². The van der Waals surface area contributed by atoms with Crippen LogP contribution in [0, 0.1) is 5.82 Å². The van der Waals surface area contributed by atoms with Crippen LogP contribution in [-0.2, 0) is 0 Å². The monoisotopic (exact) mass is 445 g/mol. The number of fused-ring (bicyclic) bond motifs is 1. The molecule has 0 fully saturated rings. The number of aromatic carboxylic acids is 1. The summed E-state index contributed by atoms with van der Waals surface area (Å²) < 4.78 is 25.3. The predicted octanol–water partition coefficient (Wildman–Crippen LogP) is 6.59. The molecule has 168 valence electrons. The summed E-state index contributed by atoms with van der Waals surface area (Å²) in [6, 6.07) is 18.8. The molecule has 0 unspecified atom stereocenters. The van der Waals surface area contributed by atoms with E-state index < -0.39 is 11.8 Å². The number of aromatic nitrogens is 1. The Morgan fingerprint density at radius 2 is 1.82 bits per heavy atom. The molecular formula is C27H24FNO4. The first-order valence-corrected chi connectivity index (χ1v) is 10.8. The molecule has 0 saturated heterocycles. The summed E-state index contributed by atoms with van der Waals surface area (Å²) in [4.78, 5) is 16.4. The maximum Gasteiger partial charge on any atom is 0.336 e. The Labute approximate surface area is 191 Å². The van der Waals surface area contributed by atoms with E-state index in [0.29, 0.717) is 29.1 Å². The molecular weight excluding hydrogens is 421 g/mol. The lowest BCUT2D eigenvalue weighted by molar-refractivity contribution is 0.0699. The Kier molecular flexibility index (Phi) is 6.54. The van der Waals surface area contributed by atoms with Crippen molar-refractivity contribution < 1.29 is 23.8 Å². The van der Waals surface area contributed by atoms with Crippen molar-refractivity contribution in [1.82, 2.24) is 4.98 Å². The van der Waals surface area contributed by atoms with Gasteiger partial charge < -0.3 is 14.6 Å². The van der Waals surface area contributed by atoms with Gasteiger partial charge in [0.05, 0.1) is 30.5 Å². The average molecular weight is 445 g/mol. The van der Waals surface area contributed by atoms with Gasteiger partial charge in [-0.25, -0.2) is 14.2 Å². The molecule has 0 aliphatic heterocycles. The molecule has 0 spiro atoms. The van der Waals surface area contributed by atoms with Gasteiger partial charge in [0, 0.05) is 16.5 Å². The van der Waals surface area contributed by atoms with E-state index in [0.717, 1.165) is 29.7 Å². The fourth-order valence-corrected chi connectivity index (χ4v) is 3.74. The van der Waals surface area contributed by atoms with Crippen LogP contribution in [0.5, 0.6) is 11.5 Å². The Balaban J connectivity index is 1.80. The second-order valence-electron chi connectivity index (χ2n) is 7.63. The van der Waals surface area contributed by atoms with E-state index in [1.54, 1.807) is 7.11 Å². The van der Waals surface area contributed by atoms with Gasteiger partial charge in [-0.05, 0) is 54.4 Å². The maximum absolute atomic E-state index is 13.7. The molecule has 6 heteroatoms. The van der Waals surface area contributed by atoms with Crippen molar-refractivity contribution >= 4 is 16.9 Å². The predicted molar refractivity (Wildman–Crippen MR) is 126 cm³/mol. The molecule has 0 amide bonds. The van der Waals surface area contributed by atoms with Crippen LogP contribution in [0.3, 0.4) is 0 Å². The molecule has 1 aromatic heterocycles. The van der Waals surface area contributed by atoms with Gasteiger partial charge in [-0.15, -0.1) is 0 Å². The summed E-state index contributed by atoms with van der Waals surface area (Å²) >= 11 is 0. The van der Waals surface area contributed by atoms with E-state index in [2.05, 4.69) is 11.9 Å². The Morgan fingerprint density at radius 3 is 2.58 bits per heavy atom. The number of nitrogens with zero attached hydrogens (tertiary/aromatic N) is 1. The largest absolute Gasteiger partial charge is 0.496 e. The number of hydrogen-bond donors (Lipinski definition) is 1. The number of benzene rings is 3. The Bertz CT molecular complexity index is 1320. The number of rotatable bonds is 8. The van der Waals surface area contributed by atoms with Crippen LogP contribution in [0.1, 0.15) is 30.1 Å². The summed E-state index contributed by atoms with van der Waals surface area (Å²) in [6.07, 6.45) is 2.02. The molecule has 3 aromatic carbocycles. The van der Waals surface area contributed by atoms with E-state index in [-0.39, 0.29) is 10.9 Å². The van der Waals surface area contributed by atoms with Crippen LogP contribution in [0.2, 0.25) is 0 Å². The van der Waals surface area contributed by atoms with Gasteiger partial charge in [0.1, 0.15) is 17.3 Å². The van der Waals surface area contributed by atoms with Gasteiger partial charge in [-0.2, -0.15) is 0 Å². The third kappa shape index (κ3) is 4.65. The molecule has 0 saturated carbocycles. The number of carboxylic acid groups (broad SMARTS) is 1. The molecule has 33 heavy (non-hydrogen) atoms. The molecule has 5 nitrogen and oxygen atoms in total. The van der Waals surface area contributed by atoms with Gasteiger partial charge in [0.15, 0.2) is 0 Å². The fourth-order valence-electron chi connectivity index (χ4n) is 3.74. The number of methoxy groups -OCH3 is 1. The van der Waals surface area contributed by atoms with Gasteiger partial charge in [-0.3, -0.25) is 0 Å². The summed E-state index contributed by atoms with van der Waals surface area (Å²) in [5.41, 5.74) is 3.29. The smallest absolute Gasteiger partial charge is 0.336 e. The van der Waals surface area contributed by atoms with Crippen molar-refractivity contribution in [2.24, 2.45) is 0 Å². The van der Waals surface area contributed by atoms with Crippen LogP contribution in [0.15, 0.2) is 66.7 Å². The third-order valence-corrected chi connectivity index (χ3v) is 5.43. The molecule has 0 aliphatic rings. The average Bonchev–Trinajstić information content (AvgIpc) is 2.83. The molecule has 1 N–H and O–H groups in total. The number of carbonyl (C=O) groups is 1. The first-order chi connectivity index (χ1) is 16.0. The van der Waals surface area contributed by atoms with Crippen LogP contribution in [0.25, 0.3) is 33.3 Å². The summed E-state index contributed by atoms with van der Waals surface area (Å²) in [5, 5.41) is 9.94. The molecule has 0 aliphatic carbocycles. The lowest BCUT2D eigenvalue weighted by Gasteiger charge is -2.15. The van der Waals surface area contributed by atoms with E-state index in [1.807, 2.05) is 42.5 Å². The molecule has 0 radical (unpaired) electrons. The second kappa shape index (κ2) is 9.69. The zero-order valence-corrected chi connectivity index (χ0v) is 18.5. The number of pyridine rings is 1. The van der Waals surface area contributed by atoms with Gasteiger partial charge in [0.2, 0.25) is 0 Å². The van der Waals surface area contributed by atoms with Crippen molar-refractivity contribution in [2.45, 2.75) is 19.8 Å². The minimum absolute atomic E-state index is 0.0182. The topological polar surface area (TPSA) is 68.7 Å². The standard InChI is InChI=1S/C27H24FNO4/c1-3-4-13-33-25-8-6-5-7-19(25)17-9-11-20(26(14-17)32-2)24-16-22(27(30)31)21-15-18(28)10-12-23(21)29-24/h5-12,14-16H,3-4,13H2,1-2H3,(H,30,31). The molecule has 4 aromatic rings. The van der Waals surface area contributed by atoms with Crippen LogP contribution >= 0.6 is 0 Å². The number of para-hydroxylation sites is 1. The van der Waals surface area contributed by atoms with Crippen molar-refractivity contribution in [1.29, 1.82) is 0 Å².